The third-order valence-corrected chi connectivity index (χ3v) is 5.31. The molecule has 2 N–H and O–H groups in total. The molecule has 116 valence electrons. The standard InChI is InChI=1S/C13H25N3O3S/c1-10(2)15-5-3-12(4-6-15)16-8-11(7-13(16)17)9-20(14,18)19/h10-12H,3-9H2,1-2H3,(H2,14,18,19). The van der Waals surface area contributed by atoms with Crippen LogP contribution in [0, 0.1) is 5.92 Å². The van der Waals surface area contributed by atoms with Crippen LogP contribution in [0.5, 0.6) is 0 Å². The van der Waals surface area contributed by atoms with E-state index in [0.29, 0.717) is 19.0 Å². The van der Waals surface area contributed by atoms with Crippen molar-refractivity contribution in [3.8, 4) is 0 Å². The van der Waals surface area contributed by atoms with Crippen LogP contribution < -0.4 is 5.14 Å². The van der Waals surface area contributed by atoms with E-state index >= 15 is 0 Å². The van der Waals surface area contributed by atoms with Crippen LogP contribution in [0.3, 0.4) is 0 Å². The van der Waals surface area contributed by atoms with Gasteiger partial charge in [-0.05, 0) is 26.7 Å². The molecule has 2 heterocycles. The fourth-order valence-electron chi connectivity index (χ4n) is 3.32. The topological polar surface area (TPSA) is 83.7 Å². The molecule has 0 aromatic carbocycles. The quantitative estimate of drug-likeness (QED) is 0.792. The number of rotatable bonds is 4. The third kappa shape index (κ3) is 3.93. The van der Waals surface area contributed by atoms with Gasteiger partial charge >= 0.3 is 0 Å². The Labute approximate surface area is 121 Å². The number of carbonyl (C=O) groups is 1. The minimum Gasteiger partial charge on any atom is -0.339 e. The minimum absolute atomic E-state index is 0.0833. The summed E-state index contributed by atoms with van der Waals surface area (Å²) in [6.45, 7) is 6.92. The van der Waals surface area contributed by atoms with Gasteiger partial charge in [0, 0.05) is 44.1 Å². The molecule has 1 amide bonds. The van der Waals surface area contributed by atoms with Crippen LogP contribution in [0.25, 0.3) is 0 Å². The first-order chi connectivity index (χ1) is 9.26. The van der Waals surface area contributed by atoms with E-state index in [4.69, 9.17) is 5.14 Å². The highest BCUT2D eigenvalue weighted by molar-refractivity contribution is 7.89. The average Bonchev–Trinajstić information content (AvgIpc) is 2.67. The first-order valence-electron chi connectivity index (χ1n) is 7.30. The summed E-state index contributed by atoms with van der Waals surface area (Å²) in [5, 5.41) is 5.07. The van der Waals surface area contributed by atoms with Crippen LogP contribution >= 0.6 is 0 Å². The number of hydrogen-bond acceptors (Lipinski definition) is 4. The molecule has 2 aliphatic rings. The summed E-state index contributed by atoms with van der Waals surface area (Å²) in [6, 6.07) is 0.809. The average molecular weight is 303 g/mol. The van der Waals surface area contributed by atoms with Crippen molar-refractivity contribution < 1.29 is 13.2 Å². The van der Waals surface area contributed by atoms with Gasteiger partial charge in [0.1, 0.15) is 0 Å². The maximum Gasteiger partial charge on any atom is 0.223 e. The second-order valence-electron chi connectivity index (χ2n) is 6.31. The molecule has 2 fully saturated rings. The Morgan fingerprint density at radius 1 is 1.30 bits per heavy atom. The predicted molar refractivity (Wildman–Crippen MR) is 77.5 cm³/mol. The van der Waals surface area contributed by atoms with Gasteiger partial charge in [-0.1, -0.05) is 0 Å². The van der Waals surface area contributed by atoms with Crippen LogP contribution in [0.1, 0.15) is 33.1 Å². The molecule has 1 atom stereocenters. The molecule has 1 unspecified atom stereocenters. The fourth-order valence-corrected chi connectivity index (χ4v) is 4.20. The van der Waals surface area contributed by atoms with Crippen LogP contribution in [0.2, 0.25) is 0 Å². The van der Waals surface area contributed by atoms with Crippen molar-refractivity contribution in [1.82, 2.24) is 9.80 Å². The number of likely N-dealkylation sites (tertiary alicyclic amines) is 2. The molecule has 0 aromatic heterocycles. The Morgan fingerprint density at radius 2 is 1.90 bits per heavy atom. The van der Waals surface area contributed by atoms with E-state index in [1.165, 1.54) is 0 Å². The molecule has 0 saturated carbocycles. The van der Waals surface area contributed by atoms with Crippen molar-refractivity contribution in [1.29, 1.82) is 0 Å². The number of nitrogens with two attached hydrogens (primary N) is 1. The number of piperidine rings is 1. The van der Waals surface area contributed by atoms with Crippen LogP contribution in [-0.4, -0.2) is 61.6 Å². The molecule has 20 heavy (non-hydrogen) atoms. The lowest BCUT2D eigenvalue weighted by molar-refractivity contribution is -0.130. The minimum atomic E-state index is -3.49. The van der Waals surface area contributed by atoms with E-state index in [9.17, 15) is 13.2 Å². The van der Waals surface area contributed by atoms with Crippen molar-refractivity contribution in [2.75, 3.05) is 25.4 Å². The summed E-state index contributed by atoms with van der Waals surface area (Å²) in [7, 11) is -3.49. The summed E-state index contributed by atoms with van der Waals surface area (Å²) in [5.74, 6) is -0.137. The zero-order valence-electron chi connectivity index (χ0n) is 12.3. The van der Waals surface area contributed by atoms with Gasteiger partial charge in [-0.2, -0.15) is 0 Å². The molecule has 2 saturated heterocycles. The summed E-state index contributed by atoms with van der Waals surface area (Å²) in [6.07, 6.45) is 2.28. The molecule has 0 radical (unpaired) electrons. The van der Waals surface area contributed by atoms with E-state index in [-0.39, 0.29) is 23.6 Å². The van der Waals surface area contributed by atoms with Gasteiger partial charge in [0.15, 0.2) is 0 Å². The number of sulfonamides is 1. The second kappa shape index (κ2) is 5.99. The monoisotopic (exact) mass is 303 g/mol. The Morgan fingerprint density at radius 3 is 2.40 bits per heavy atom. The molecule has 2 aliphatic heterocycles. The van der Waals surface area contributed by atoms with E-state index in [0.717, 1.165) is 25.9 Å². The number of primary sulfonamides is 1. The van der Waals surface area contributed by atoms with Crippen molar-refractivity contribution >= 4 is 15.9 Å². The van der Waals surface area contributed by atoms with Crippen molar-refractivity contribution in [2.24, 2.45) is 11.1 Å². The molecule has 0 spiro atoms. The lowest BCUT2D eigenvalue weighted by atomic mass is 10.0. The largest absolute Gasteiger partial charge is 0.339 e. The Bertz CT molecular complexity index is 455. The van der Waals surface area contributed by atoms with E-state index in [2.05, 4.69) is 18.7 Å². The normalized spacial score (nSPS) is 26.7. The van der Waals surface area contributed by atoms with Crippen molar-refractivity contribution in [2.45, 2.75) is 45.2 Å². The number of carbonyl (C=O) groups excluding carboxylic acids is 1. The first-order valence-corrected chi connectivity index (χ1v) is 9.02. The second-order valence-corrected chi connectivity index (χ2v) is 7.97. The maximum atomic E-state index is 12.1. The SMILES string of the molecule is CC(C)N1CCC(N2CC(CS(N)(=O)=O)CC2=O)CC1. The Hall–Kier alpha value is -0.660. The van der Waals surface area contributed by atoms with Gasteiger partial charge in [-0.15, -0.1) is 0 Å². The number of nitrogens with zero attached hydrogens (tertiary/aromatic N) is 2. The third-order valence-electron chi connectivity index (χ3n) is 4.38. The summed E-state index contributed by atoms with van der Waals surface area (Å²) >= 11 is 0. The molecular weight excluding hydrogens is 278 g/mol. The van der Waals surface area contributed by atoms with Gasteiger partial charge in [0.25, 0.3) is 0 Å². The van der Waals surface area contributed by atoms with E-state index in [1.54, 1.807) is 0 Å². The summed E-state index contributed by atoms with van der Waals surface area (Å²) in [5.41, 5.74) is 0. The predicted octanol–water partition coefficient (Wildman–Crippen LogP) is -0.00380. The highest BCUT2D eigenvalue weighted by Crippen LogP contribution is 2.26. The van der Waals surface area contributed by atoms with Gasteiger partial charge in [0.05, 0.1) is 5.75 Å². The van der Waals surface area contributed by atoms with Gasteiger partial charge < -0.3 is 9.80 Å². The van der Waals surface area contributed by atoms with Gasteiger partial charge in [-0.25, -0.2) is 13.6 Å². The molecule has 2 rings (SSSR count). The van der Waals surface area contributed by atoms with Crippen molar-refractivity contribution in [3.05, 3.63) is 0 Å². The maximum absolute atomic E-state index is 12.1. The molecule has 6 nitrogen and oxygen atoms in total. The zero-order valence-corrected chi connectivity index (χ0v) is 13.1. The lowest BCUT2D eigenvalue weighted by Crippen LogP contribution is -2.47. The lowest BCUT2D eigenvalue weighted by Gasteiger charge is -2.38. The van der Waals surface area contributed by atoms with Crippen LogP contribution in [0.4, 0.5) is 0 Å². The molecule has 0 aromatic rings. The molecule has 0 bridgehead atoms. The van der Waals surface area contributed by atoms with Gasteiger partial charge in [-0.3, -0.25) is 4.79 Å². The smallest absolute Gasteiger partial charge is 0.223 e. The first kappa shape index (κ1) is 15.7. The zero-order chi connectivity index (χ0) is 14.9. The summed E-state index contributed by atoms with van der Waals surface area (Å²) < 4.78 is 22.3. The summed E-state index contributed by atoms with van der Waals surface area (Å²) in [4.78, 5) is 16.4. The van der Waals surface area contributed by atoms with E-state index in [1.807, 2.05) is 4.90 Å². The molecule has 7 heteroatoms. The molecular formula is C13H25N3O3S. The van der Waals surface area contributed by atoms with Gasteiger partial charge in [0.2, 0.25) is 15.9 Å². The Kier molecular flexibility index (Phi) is 4.71. The fraction of sp³-hybridized carbons (Fsp3) is 0.923. The van der Waals surface area contributed by atoms with Crippen LogP contribution in [-0.2, 0) is 14.8 Å². The number of amides is 1. The highest BCUT2D eigenvalue weighted by Gasteiger charge is 2.37. The number of hydrogen-bond donors (Lipinski definition) is 1. The Balaban J connectivity index is 1.89. The van der Waals surface area contributed by atoms with Crippen LogP contribution in [0.15, 0.2) is 0 Å². The highest BCUT2D eigenvalue weighted by atomic mass is 32.2. The van der Waals surface area contributed by atoms with E-state index < -0.39 is 10.0 Å². The molecule has 0 aliphatic carbocycles. The van der Waals surface area contributed by atoms with Crippen molar-refractivity contribution in [3.63, 3.8) is 0 Å².